The predicted octanol–water partition coefficient (Wildman–Crippen LogP) is 1.42. The summed E-state index contributed by atoms with van der Waals surface area (Å²) in [4.78, 5) is 11.1. The number of ether oxygens (including phenoxy) is 1. The lowest BCUT2D eigenvalue weighted by Gasteiger charge is -2.19. The molecule has 14 heavy (non-hydrogen) atoms. The van der Waals surface area contributed by atoms with Crippen molar-refractivity contribution in [3.63, 3.8) is 0 Å². The van der Waals surface area contributed by atoms with E-state index in [2.05, 4.69) is 5.32 Å². The molecule has 0 radical (unpaired) electrons. The Balaban J connectivity index is 3.76. The average molecular weight is 200 g/mol. The molecule has 0 aromatic rings. The maximum absolute atomic E-state index is 11.1. The molecule has 3 N–H and O–H groups in total. The minimum atomic E-state index is -0.448. The summed E-state index contributed by atoms with van der Waals surface area (Å²) in [5, 5.41) is 2.61. The van der Waals surface area contributed by atoms with Crippen molar-refractivity contribution in [2.24, 2.45) is 5.73 Å². The van der Waals surface area contributed by atoms with Crippen molar-refractivity contribution >= 4 is 6.09 Å². The zero-order chi connectivity index (χ0) is 11.2. The van der Waals surface area contributed by atoms with Crippen LogP contribution in [0.5, 0.6) is 0 Å². The van der Waals surface area contributed by atoms with Crippen LogP contribution < -0.4 is 11.1 Å². The van der Waals surface area contributed by atoms with Gasteiger partial charge in [-0.3, -0.25) is 0 Å². The normalized spacial score (nSPS) is 12.5. The molecule has 4 heteroatoms. The van der Waals surface area contributed by atoms with Crippen LogP contribution in [0.4, 0.5) is 4.79 Å². The molecular weight excluding hydrogens is 180 g/mol. The molecule has 0 saturated heterocycles. The first-order valence-electron chi connectivity index (χ1n) is 4.67. The van der Waals surface area contributed by atoms with E-state index in [0.717, 1.165) is 5.57 Å². The highest BCUT2D eigenvalue weighted by atomic mass is 16.6. The fraction of sp³-hybridized carbons (Fsp3) is 0.700. The predicted molar refractivity (Wildman–Crippen MR) is 57.0 cm³/mol. The first-order chi connectivity index (χ1) is 6.35. The third-order valence-corrected chi connectivity index (χ3v) is 1.42. The lowest BCUT2D eigenvalue weighted by atomic mass is 10.2. The monoisotopic (exact) mass is 200 g/mol. The number of amides is 1. The van der Waals surface area contributed by atoms with Crippen molar-refractivity contribution in [1.29, 1.82) is 0 Å². The number of nitrogens with one attached hydrogen (secondary N) is 1. The second kappa shape index (κ2) is 5.65. The molecule has 0 rings (SSSR count). The maximum Gasteiger partial charge on any atom is 0.407 e. The van der Waals surface area contributed by atoms with E-state index in [0.29, 0.717) is 13.1 Å². The van der Waals surface area contributed by atoms with E-state index in [4.69, 9.17) is 10.5 Å². The molecule has 0 unspecified atom stereocenters. The van der Waals surface area contributed by atoms with Gasteiger partial charge in [-0.15, -0.1) is 0 Å². The second-order valence-corrected chi connectivity index (χ2v) is 4.14. The standard InChI is InChI=1S/C10H20N2O2/c1-8(7-11)5-6-12-9(13)14-10(2,3)4/h5H,6-7,11H2,1-4H3,(H,12,13)/b8-5+. The van der Waals surface area contributed by atoms with Gasteiger partial charge in [0, 0.05) is 13.1 Å². The molecule has 0 aliphatic heterocycles. The molecule has 0 aliphatic rings. The van der Waals surface area contributed by atoms with Crippen molar-refractivity contribution in [2.45, 2.75) is 33.3 Å². The van der Waals surface area contributed by atoms with Gasteiger partial charge in [0.05, 0.1) is 0 Å². The van der Waals surface area contributed by atoms with Crippen LogP contribution >= 0.6 is 0 Å². The topological polar surface area (TPSA) is 64.3 Å². The first-order valence-corrected chi connectivity index (χ1v) is 4.67. The number of hydrogen-bond donors (Lipinski definition) is 2. The summed E-state index contributed by atoms with van der Waals surface area (Å²) in [5.41, 5.74) is 5.97. The molecule has 0 atom stereocenters. The quantitative estimate of drug-likeness (QED) is 0.677. The Morgan fingerprint density at radius 3 is 2.50 bits per heavy atom. The van der Waals surface area contributed by atoms with Gasteiger partial charge in [-0.2, -0.15) is 0 Å². The number of carbonyl (C=O) groups excluding carboxylic acids is 1. The van der Waals surface area contributed by atoms with Gasteiger partial charge in [0.25, 0.3) is 0 Å². The molecule has 82 valence electrons. The van der Waals surface area contributed by atoms with Crippen LogP contribution in [0, 0.1) is 0 Å². The number of nitrogens with two attached hydrogens (primary N) is 1. The Kier molecular flexibility index (Phi) is 5.23. The summed E-state index contributed by atoms with van der Waals surface area (Å²) >= 11 is 0. The van der Waals surface area contributed by atoms with Crippen molar-refractivity contribution < 1.29 is 9.53 Å². The average Bonchev–Trinajstić information content (AvgIpc) is 2.00. The second-order valence-electron chi connectivity index (χ2n) is 4.14. The fourth-order valence-electron chi connectivity index (χ4n) is 0.706. The van der Waals surface area contributed by atoms with E-state index in [1.54, 1.807) is 0 Å². The lowest BCUT2D eigenvalue weighted by molar-refractivity contribution is 0.0534. The number of hydrogen-bond acceptors (Lipinski definition) is 3. The molecule has 0 spiro atoms. The SMILES string of the molecule is C/C(=C\CNC(=O)OC(C)(C)C)CN. The Bertz CT molecular complexity index is 217. The van der Waals surface area contributed by atoms with Crippen molar-refractivity contribution in [2.75, 3.05) is 13.1 Å². The fourth-order valence-corrected chi connectivity index (χ4v) is 0.706. The zero-order valence-corrected chi connectivity index (χ0v) is 9.39. The summed E-state index contributed by atoms with van der Waals surface area (Å²) in [6, 6.07) is 0. The van der Waals surface area contributed by atoms with Gasteiger partial charge in [-0.25, -0.2) is 4.79 Å². The van der Waals surface area contributed by atoms with E-state index in [-0.39, 0.29) is 0 Å². The lowest BCUT2D eigenvalue weighted by Crippen LogP contribution is -2.32. The van der Waals surface area contributed by atoms with E-state index in [9.17, 15) is 4.79 Å². The molecular formula is C10H20N2O2. The van der Waals surface area contributed by atoms with Gasteiger partial charge in [0.15, 0.2) is 0 Å². The maximum atomic E-state index is 11.1. The van der Waals surface area contributed by atoms with Crippen molar-refractivity contribution in [3.8, 4) is 0 Å². The van der Waals surface area contributed by atoms with E-state index >= 15 is 0 Å². The van der Waals surface area contributed by atoms with Crippen LogP contribution in [0.3, 0.4) is 0 Å². The Morgan fingerprint density at radius 1 is 1.50 bits per heavy atom. The summed E-state index contributed by atoms with van der Waals surface area (Å²) < 4.78 is 5.04. The number of rotatable bonds is 3. The van der Waals surface area contributed by atoms with Crippen LogP contribution in [0.25, 0.3) is 0 Å². The zero-order valence-electron chi connectivity index (χ0n) is 9.39. The molecule has 1 amide bonds. The minimum absolute atomic E-state index is 0.404. The third-order valence-electron chi connectivity index (χ3n) is 1.42. The van der Waals surface area contributed by atoms with Gasteiger partial charge in [0.1, 0.15) is 5.60 Å². The van der Waals surface area contributed by atoms with Gasteiger partial charge in [-0.1, -0.05) is 11.6 Å². The Morgan fingerprint density at radius 2 is 2.07 bits per heavy atom. The molecule has 0 aromatic heterocycles. The van der Waals surface area contributed by atoms with E-state index in [1.807, 2.05) is 33.8 Å². The van der Waals surface area contributed by atoms with Crippen LogP contribution in [0.15, 0.2) is 11.6 Å². The molecule has 4 nitrogen and oxygen atoms in total. The Labute approximate surface area is 85.5 Å². The third kappa shape index (κ3) is 7.61. The van der Waals surface area contributed by atoms with E-state index in [1.165, 1.54) is 0 Å². The van der Waals surface area contributed by atoms with Gasteiger partial charge < -0.3 is 15.8 Å². The molecule has 0 saturated carbocycles. The highest BCUT2D eigenvalue weighted by Gasteiger charge is 2.14. The molecule has 0 fully saturated rings. The smallest absolute Gasteiger partial charge is 0.407 e. The highest BCUT2D eigenvalue weighted by Crippen LogP contribution is 2.06. The van der Waals surface area contributed by atoms with Gasteiger partial charge >= 0.3 is 6.09 Å². The van der Waals surface area contributed by atoms with Crippen LogP contribution in [-0.4, -0.2) is 24.8 Å². The van der Waals surface area contributed by atoms with Gasteiger partial charge in [-0.05, 0) is 27.7 Å². The molecule has 0 aromatic carbocycles. The van der Waals surface area contributed by atoms with Gasteiger partial charge in [0.2, 0.25) is 0 Å². The van der Waals surface area contributed by atoms with E-state index < -0.39 is 11.7 Å². The minimum Gasteiger partial charge on any atom is -0.444 e. The summed E-state index contributed by atoms with van der Waals surface area (Å²) in [5.74, 6) is 0. The summed E-state index contributed by atoms with van der Waals surface area (Å²) in [7, 11) is 0. The number of carbonyl (C=O) groups is 1. The molecule has 0 aliphatic carbocycles. The molecule has 0 heterocycles. The molecule has 0 bridgehead atoms. The Hall–Kier alpha value is -1.03. The first kappa shape index (κ1) is 13.0. The summed E-state index contributed by atoms with van der Waals surface area (Å²) in [6.07, 6.45) is 1.46. The number of alkyl carbamates (subject to hydrolysis) is 1. The van der Waals surface area contributed by atoms with Crippen molar-refractivity contribution in [3.05, 3.63) is 11.6 Å². The van der Waals surface area contributed by atoms with Crippen molar-refractivity contribution in [1.82, 2.24) is 5.32 Å². The van der Waals surface area contributed by atoms with Crippen LogP contribution in [0.1, 0.15) is 27.7 Å². The highest BCUT2D eigenvalue weighted by molar-refractivity contribution is 5.67. The largest absolute Gasteiger partial charge is 0.444 e. The summed E-state index contributed by atoms with van der Waals surface area (Å²) in [6.45, 7) is 8.36. The van der Waals surface area contributed by atoms with Crippen LogP contribution in [0.2, 0.25) is 0 Å². The van der Waals surface area contributed by atoms with Crippen LogP contribution in [-0.2, 0) is 4.74 Å².